The average molecular weight is 395 g/mol. The van der Waals surface area contributed by atoms with Gasteiger partial charge in [0.15, 0.2) is 0 Å². The predicted octanol–water partition coefficient (Wildman–Crippen LogP) is 4.05. The van der Waals surface area contributed by atoms with Crippen molar-refractivity contribution >= 4 is 45.8 Å². The van der Waals surface area contributed by atoms with Crippen molar-refractivity contribution in [1.82, 2.24) is 5.32 Å². The lowest BCUT2D eigenvalue weighted by atomic mass is 10.0. The summed E-state index contributed by atoms with van der Waals surface area (Å²) in [7, 11) is 0. The molecule has 1 aromatic rings. The molecule has 0 saturated heterocycles. The number of carbonyl (C=O) groups excluding carboxylic acids is 1. The lowest BCUT2D eigenvalue weighted by molar-refractivity contribution is -0.123. The fraction of sp³-hybridized carbons (Fsp3) is 0.500. The molecule has 5 heteroatoms. The summed E-state index contributed by atoms with van der Waals surface area (Å²) in [5.74, 6) is -0.00222. The molecule has 0 heterocycles. The van der Waals surface area contributed by atoms with E-state index in [4.69, 9.17) is 11.6 Å². The maximum Gasteiger partial charge on any atom is 0.242 e. The molecule has 0 aliphatic heterocycles. The molecule has 1 aromatic carbocycles. The van der Waals surface area contributed by atoms with Gasteiger partial charge in [-0.15, -0.1) is 0 Å². The van der Waals surface area contributed by atoms with E-state index in [9.17, 15) is 4.79 Å². The van der Waals surface area contributed by atoms with Crippen LogP contribution in [0.5, 0.6) is 0 Å². The second kappa shape index (κ2) is 6.79. The molecule has 0 saturated carbocycles. The van der Waals surface area contributed by atoms with Crippen LogP contribution < -0.4 is 10.6 Å². The molecule has 1 rings (SSSR count). The van der Waals surface area contributed by atoms with Crippen molar-refractivity contribution < 1.29 is 4.79 Å². The van der Waals surface area contributed by atoms with Crippen LogP contribution in [0.2, 0.25) is 5.02 Å². The van der Waals surface area contributed by atoms with Gasteiger partial charge >= 0.3 is 0 Å². The highest BCUT2D eigenvalue weighted by molar-refractivity contribution is 14.1. The second-order valence-corrected chi connectivity index (χ2v) is 6.82. The number of rotatable bonds is 5. The summed E-state index contributed by atoms with van der Waals surface area (Å²) in [6.07, 6.45) is 0.893. The first-order valence-electron chi connectivity index (χ1n) is 6.29. The Labute approximate surface area is 133 Å². The highest BCUT2D eigenvalue weighted by Crippen LogP contribution is 2.23. The third-order valence-electron chi connectivity index (χ3n) is 3.04. The largest absolute Gasteiger partial charge is 0.373 e. The van der Waals surface area contributed by atoms with Gasteiger partial charge in [-0.25, -0.2) is 0 Å². The smallest absolute Gasteiger partial charge is 0.242 e. The normalized spacial score (nSPS) is 12.9. The monoisotopic (exact) mass is 394 g/mol. The van der Waals surface area contributed by atoms with E-state index in [0.29, 0.717) is 5.02 Å². The van der Waals surface area contributed by atoms with Crippen molar-refractivity contribution in [3.05, 3.63) is 26.8 Å². The van der Waals surface area contributed by atoms with Crippen LogP contribution in [-0.2, 0) is 4.79 Å². The molecule has 0 bridgehead atoms. The van der Waals surface area contributed by atoms with Crippen LogP contribution in [0.25, 0.3) is 0 Å². The first-order valence-corrected chi connectivity index (χ1v) is 7.74. The number of halogens is 2. The molecular weight excluding hydrogens is 375 g/mol. The highest BCUT2D eigenvalue weighted by atomic mass is 127. The van der Waals surface area contributed by atoms with E-state index in [-0.39, 0.29) is 17.5 Å². The van der Waals surface area contributed by atoms with Crippen LogP contribution in [-0.4, -0.2) is 17.5 Å². The Kier molecular flexibility index (Phi) is 5.92. The van der Waals surface area contributed by atoms with Crippen molar-refractivity contribution in [2.75, 3.05) is 5.32 Å². The van der Waals surface area contributed by atoms with Crippen molar-refractivity contribution in [3.8, 4) is 0 Å². The van der Waals surface area contributed by atoms with E-state index < -0.39 is 0 Å². The number of hydrogen-bond donors (Lipinski definition) is 2. The molecule has 1 atom stereocenters. The van der Waals surface area contributed by atoms with E-state index in [1.54, 1.807) is 0 Å². The minimum Gasteiger partial charge on any atom is -0.373 e. The summed E-state index contributed by atoms with van der Waals surface area (Å²) >= 11 is 8.11. The number of amides is 1. The Balaban J connectivity index is 2.69. The number of hydrogen-bond acceptors (Lipinski definition) is 2. The van der Waals surface area contributed by atoms with Crippen molar-refractivity contribution in [2.24, 2.45) is 0 Å². The summed E-state index contributed by atoms with van der Waals surface area (Å²) in [5, 5.41) is 6.93. The van der Waals surface area contributed by atoms with Crippen LogP contribution in [0.4, 0.5) is 5.69 Å². The Bertz CT molecular complexity index is 463. The van der Waals surface area contributed by atoms with Crippen molar-refractivity contribution in [1.29, 1.82) is 0 Å². The quantitative estimate of drug-likeness (QED) is 0.740. The van der Waals surface area contributed by atoms with Gasteiger partial charge in [-0.1, -0.05) is 18.5 Å². The molecule has 1 unspecified atom stereocenters. The standard InChI is InChI=1S/C14H20ClIN2O/c1-5-14(3,4)18-13(19)9(2)17-12-7-6-10(15)8-11(12)16/h6-9,17H,5H2,1-4H3,(H,18,19). The Morgan fingerprint density at radius 2 is 2.11 bits per heavy atom. The molecule has 0 aliphatic carbocycles. The topological polar surface area (TPSA) is 41.1 Å². The van der Waals surface area contributed by atoms with Gasteiger partial charge in [-0.3, -0.25) is 4.79 Å². The van der Waals surface area contributed by atoms with Gasteiger partial charge < -0.3 is 10.6 Å². The molecular formula is C14H20ClIN2O. The van der Waals surface area contributed by atoms with Gasteiger partial charge in [0.2, 0.25) is 5.91 Å². The zero-order valence-electron chi connectivity index (χ0n) is 11.7. The summed E-state index contributed by atoms with van der Waals surface area (Å²) in [4.78, 5) is 12.1. The molecule has 0 aromatic heterocycles. The first-order chi connectivity index (χ1) is 8.75. The molecule has 19 heavy (non-hydrogen) atoms. The predicted molar refractivity (Wildman–Crippen MR) is 89.8 cm³/mol. The molecule has 0 aliphatic rings. The highest BCUT2D eigenvalue weighted by Gasteiger charge is 2.21. The maximum atomic E-state index is 12.1. The molecule has 106 valence electrons. The lowest BCUT2D eigenvalue weighted by Gasteiger charge is -2.27. The zero-order valence-corrected chi connectivity index (χ0v) is 14.6. The van der Waals surface area contributed by atoms with Crippen LogP contribution in [0.3, 0.4) is 0 Å². The second-order valence-electron chi connectivity index (χ2n) is 5.22. The van der Waals surface area contributed by atoms with Crippen molar-refractivity contribution in [3.63, 3.8) is 0 Å². The summed E-state index contributed by atoms with van der Waals surface area (Å²) in [6, 6.07) is 5.27. The number of nitrogens with one attached hydrogen (secondary N) is 2. The number of carbonyl (C=O) groups is 1. The van der Waals surface area contributed by atoms with E-state index in [2.05, 4.69) is 40.1 Å². The average Bonchev–Trinajstić information content (AvgIpc) is 2.32. The van der Waals surface area contributed by atoms with Crippen LogP contribution in [0.1, 0.15) is 34.1 Å². The van der Waals surface area contributed by atoms with Gasteiger partial charge in [0.1, 0.15) is 6.04 Å². The molecule has 0 radical (unpaired) electrons. The van der Waals surface area contributed by atoms with E-state index in [1.807, 2.05) is 39.0 Å². The van der Waals surface area contributed by atoms with Crippen LogP contribution >= 0.6 is 34.2 Å². The Morgan fingerprint density at radius 3 is 2.63 bits per heavy atom. The SMILES string of the molecule is CCC(C)(C)NC(=O)C(C)Nc1ccc(Cl)cc1I. The minimum atomic E-state index is -0.291. The fourth-order valence-corrected chi connectivity index (χ4v) is 2.46. The third kappa shape index (κ3) is 5.18. The van der Waals surface area contributed by atoms with Gasteiger partial charge in [0.05, 0.1) is 0 Å². The van der Waals surface area contributed by atoms with Gasteiger partial charge in [0.25, 0.3) is 0 Å². The van der Waals surface area contributed by atoms with Crippen molar-refractivity contribution in [2.45, 2.75) is 45.7 Å². The number of benzene rings is 1. The van der Waals surface area contributed by atoms with Crippen LogP contribution in [0.15, 0.2) is 18.2 Å². The third-order valence-corrected chi connectivity index (χ3v) is 4.17. The molecule has 1 amide bonds. The minimum absolute atomic E-state index is 0.00222. The maximum absolute atomic E-state index is 12.1. The summed E-state index contributed by atoms with van der Waals surface area (Å²) in [6.45, 7) is 7.94. The lowest BCUT2D eigenvalue weighted by Crippen LogP contribution is -2.48. The van der Waals surface area contributed by atoms with Gasteiger partial charge in [-0.2, -0.15) is 0 Å². The Hall–Kier alpha value is -0.490. The zero-order chi connectivity index (χ0) is 14.6. The Morgan fingerprint density at radius 1 is 1.47 bits per heavy atom. The van der Waals surface area contributed by atoms with Gasteiger partial charge in [-0.05, 0) is 68.0 Å². The molecule has 0 fully saturated rings. The fourth-order valence-electron chi connectivity index (χ4n) is 1.44. The number of anilines is 1. The molecule has 0 spiro atoms. The molecule has 3 nitrogen and oxygen atoms in total. The summed E-state index contributed by atoms with van der Waals surface area (Å²) < 4.78 is 1.000. The molecule has 2 N–H and O–H groups in total. The first kappa shape index (κ1) is 16.6. The van der Waals surface area contributed by atoms with Crippen LogP contribution in [0, 0.1) is 3.57 Å². The van der Waals surface area contributed by atoms with E-state index in [0.717, 1.165) is 15.7 Å². The summed E-state index contributed by atoms with van der Waals surface area (Å²) in [5.41, 5.74) is 0.738. The van der Waals surface area contributed by atoms with E-state index >= 15 is 0 Å². The van der Waals surface area contributed by atoms with E-state index in [1.165, 1.54) is 0 Å². The van der Waals surface area contributed by atoms with Gasteiger partial charge in [0, 0.05) is 19.8 Å².